The summed E-state index contributed by atoms with van der Waals surface area (Å²) in [5.74, 6) is 0.326. The summed E-state index contributed by atoms with van der Waals surface area (Å²) >= 11 is 0. The van der Waals surface area contributed by atoms with E-state index in [1.807, 2.05) is 24.3 Å². The van der Waals surface area contributed by atoms with Gasteiger partial charge >= 0.3 is 0 Å². The van der Waals surface area contributed by atoms with Crippen LogP contribution in [0.2, 0.25) is 0 Å². The van der Waals surface area contributed by atoms with Crippen LogP contribution in [-0.2, 0) is 11.2 Å². The summed E-state index contributed by atoms with van der Waals surface area (Å²) in [6.45, 7) is 4.00. The third-order valence-electron chi connectivity index (χ3n) is 2.81. The predicted octanol–water partition coefficient (Wildman–Crippen LogP) is 1.17. The molecule has 0 fully saturated rings. The molecule has 0 heterocycles. The van der Waals surface area contributed by atoms with E-state index in [1.165, 1.54) is 10.5 Å². The Hall–Kier alpha value is -1.39. The van der Waals surface area contributed by atoms with Gasteiger partial charge in [0.15, 0.2) is 0 Å². The molecule has 4 heteroatoms. The van der Waals surface area contributed by atoms with Crippen molar-refractivity contribution in [2.45, 2.75) is 26.3 Å². The van der Waals surface area contributed by atoms with Gasteiger partial charge in [0.05, 0.1) is 6.61 Å². The molecule has 1 atom stereocenters. The van der Waals surface area contributed by atoms with E-state index in [0.717, 1.165) is 12.1 Å². The minimum atomic E-state index is -0.856. The summed E-state index contributed by atoms with van der Waals surface area (Å²) < 4.78 is 0. The van der Waals surface area contributed by atoms with Gasteiger partial charge in [0.2, 0.25) is 5.91 Å². The van der Waals surface area contributed by atoms with Crippen molar-refractivity contribution in [2.24, 2.45) is 11.7 Å². The number of nitrogens with two attached hydrogens (primary N) is 1. The number of anilines is 1. The zero-order valence-corrected chi connectivity index (χ0v) is 11.3. The summed E-state index contributed by atoms with van der Waals surface area (Å²) in [7, 11) is 1.66. The van der Waals surface area contributed by atoms with E-state index in [2.05, 4.69) is 13.8 Å². The van der Waals surface area contributed by atoms with E-state index >= 15 is 0 Å². The second-order valence-electron chi connectivity index (χ2n) is 4.95. The molecule has 1 unspecified atom stereocenters. The Morgan fingerprint density at radius 3 is 2.33 bits per heavy atom. The highest BCUT2D eigenvalue weighted by atomic mass is 16.3. The predicted molar refractivity (Wildman–Crippen MR) is 73.5 cm³/mol. The number of benzene rings is 1. The van der Waals surface area contributed by atoms with Gasteiger partial charge in [-0.05, 0) is 30.0 Å². The number of aliphatic hydroxyl groups is 1. The molecule has 0 aliphatic carbocycles. The molecule has 0 bridgehead atoms. The summed E-state index contributed by atoms with van der Waals surface area (Å²) in [5, 5.41) is 8.87. The number of carbonyl (C=O) groups excluding carboxylic acids is 1. The van der Waals surface area contributed by atoms with Gasteiger partial charge in [-0.15, -0.1) is 0 Å². The fraction of sp³-hybridized carbons (Fsp3) is 0.500. The van der Waals surface area contributed by atoms with E-state index in [4.69, 9.17) is 10.8 Å². The Labute approximate surface area is 108 Å². The first-order valence-electron chi connectivity index (χ1n) is 6.18. The molecule has 0 aromatic heterocycles. The maximum Gasteiger partial charge on any atom is 0.246 e. The van der Waals surface area contributed by atoms with Crippen LogP contribution in [0.25, 0.3) is 0 Å². The van der Waals surface area contributed by atoms with Gasteiger partial charge < -0.3 is 15.7 Å². The van der Waals surface area contributed by atoms with Crippen LogP contribution in [-0.4, -0.2) is 30.7 Å². The zero-order valence-electron chi connectivity index (χ0n) is 11.3. The Morgan fingerprint density at radius 1 is 1.33 bits per heavy atom. The number of hydrogen-bond donors (Lipinski definition) is 2. The van der Waals surface area contributed by atoms with Crippen molar-refractivity contribution < 1.29 is 9.90 Å². The van der Waals surface area contributed by atoms with Gasteiger partial charge in [0.1, 0.15) is 6.04 Å². The topological polar surface area (TPSA) is 66.6 Å². The molecule has 1 amide bonds. The molecule has 0 saturated heterocycles. The Morgan fingerprint density at radius 2 is 1.89 bits per heavy atom. The lowest BCUT2D eigenvalue weighted by Gasteiger charge is -2.20. The molecular formula is C14H22N2O2. The Bertz CT molecular complexity index is 387. The largest absolute Gasteiger partial charge is 0.394 e. The lowest BCUT2D eigenvalue weighted by atomic mass is 10.0. The van der Waals surface area contributed by atoms with E-state index in [9.17, 15) is 4.79 Å². The number of carbonyl (C=O) groups is 1. The van der Waals surface area contributed by atoms with Crippen molar-refractivity contribution in [3.63, 3.8) is 0 Å². The maximum absolute atomic E-state index is 11.8. The van der Waals surface area contributed by atoms with Gasteiger partial charge in [-0.25, -0.2) is 0 Å². The highest BCUT2D eigenvalue weighted by molar-refractivity contribution is 5.96. The molecule has 1 rings (SSSR count). The number of amides is 1. The lowest BCUT2D eigenvalue weighted by Crippen LogP contribution is -2.44. The minimum Gasteiger partial charge on any atom is -0.394 e. The number of nitrogens with zero attached hydrogens (tertiary/aromatic N) is 1. The third kappa shape index (κ3) is 3.82. The highest BCUT2D eigenvalue weighted by Gasteiger charge is 2.18. The average molecular weight is 250 g/mol. The van der Waals surface area contributed by atoms with Crippen molar-refractivity contribution in [1.82, 2.24) is 0 Å². The van der Waals surface area contributed by atoms with Crippen LogP contribution in [0.3, 0.4) is 0 Å². The van der Waals surface area contributed by atoms with Gasteiger partial charge in [-0.1, -0.05) is 26.0 Å². The summed E-state index contributed by atoms with van der Waals surface area (Å²) in [4.78, 5) is 13.3. The molecular weight excluding hydrogens is 228 g/mol. The second-order valence-corrected chi connectivity index (χ2v) is 4.95. The van der Waals surface area contributed by atoms with Crippen LogP contribution in [0.5, 0.6) is 0 Å². The van der Waals surface area contributed by atoms with Crippen LogP contribution >= 0.6 is 0 Å². The molecule has 18 heavy (non-hydrogen) atoms. The number of aliphatic hydroxyl groups excluding tert-OH is 1. The van der Waals surface area contributed by atoms with Crippen LogP contribution in [0.1, 0.15) is 19.4 Å². The number of rotatable bonds is 5. The highest BCUT2D eigenvalue weighted by Crippen LogP contribution is 2.16. The quantitative estimate of drug-likeness (QED) is 0.824. The Kier molecular flexibility index (Phi) is 5.31. The molecule has 0 aliphatic rings. The van der Waals surface area contributed by atoms with Crippen LogP contribution in [0.15, 0.2) is 24.3 Å². The zero-order chi connectivity index (χ0) is 13.7. The maximum atomic E-state index is 11.8. The van der Waals surface area contributed by atoms with Gasteiger partial charge in [0.25, 0.3) is 0 Å². The van der Waals surface area contributed by atoms with Crippen molar-refractivity contribution >= 4 is 11.6 Å². The van der Waals surface area contributed by atoms with E-state index < -0.39 is 6.04 Å². The molecule has 100 valence electrons. The van der Waals surface area contributed by atoms with E-state index in [0.29, 0.717) is 5.92 Å². The first-order chi connectivity index (χ1) is 8.45. The second kappa shape index (κ2) is 6.52. The van der Waals surface area contributed by atoms with Crippen LogP contribution in [0, 0.1) is 5.92 Å². The molecule has 1 aromatic rings. The van der Waals surface area contributed by atoms with Crippen molar-refractivity contribution in [3.05, 3.63) is 29.8 Å². The molecule has 0 spiro atoms. The van der Waals surface area contributed by atoms with Crippen LogP contribution < -0.4 is 10.6 Å². The first kappa shape index (κ1) is 14.7. The molecule has 0 saturated carbocycles. The van der Waals surface area contributed by atoms with E-state index in [1.54, 1.807) is 7.05 Å². The normalized spacial score (nSPS) is 12.6. The molecule has 1 aromatic carbocycles. The molecule has 4 nitrogen and oxygen atoms in total. The van der Waals surface area contributed by atoms with Gasteiger partial charge in [-0.2, -0.15) is 0 Å². The fourth-order valence-corrected chi connectivity index (χ4v) is 1.78. The smallest absolute Gasteiger partial charge is 0.246 e. The molecule has 3 N–H and O–H groups in total. The number of hydrogen-bond acceptors (Lipinski definition) is 3. The minimum absolute atomic E-state index is 0.283. The summed E-state index contributed by atoms with van der Waals surface area (Å²) in [6.07, 6.45) is 1.02. The SMILES string of the molecule is CC(C)Cc1ccc(N(C)C(=O)C(N)CO)cc1. The third-order valence-corrected chi connectivity index (χ3v) is 2.81. The van der Waals surface area contributed by atoms with Crippen molar-refractivity contribution in [3.8, 4) is 0 Å². The summed E-state index contributed by atoms with van der Waals surface area (Å²) in [6, 6.07) is 6.98. The molecule has 0 radical (unpaired) electrons. The monoisotopic (exact) mass is 250 g/mol. The van der Waals surface area contributed by atoms with Crippen molar-refractivity contribution in [2.75, 3.05) is 18.6 Å². The van der Waals surface area contributed by atoms with Crippen LogP contribution in [0.4, 0.5) is 5.69 Å². The van der Waals surface area contributed by atoms with Gasteiger partial charge in [-0.3, -0.25) is 4.79 Å². The average Bonchev–Trinajstić information content (AvgIpc) is 2.36. The molecule has 0 aliphatic heterocycles. The number of likely N-dealkylation sites (N-methyl/N-ethyl adjacent to an activating group) is 1. The fourth-order valence-electron chi connectivity index (χ4n) is 1.78. The van der Waals surface area contributed by atoms with Crippen molar-refractivity contribution in [1.29, 1.82) is 0 Å². The first-order valence-corrected chi connectivity index (χ1v) is 6.18. The summed E-state index contributed by atoms with van der Waals surface area (Å²) in [5.41, 5.74) is 7.55. The van der Waals surface area contributed by atoms with E-state index in [-0.39, 0.29) is 12.5 Å². The lowest BCUT2D eigenvalue weighted by molar-refractivity contribution is -0.120. The Balaban J connectivity index is 2.75. The van der Waals surface area contributed by atoms with Gasteiger partial charge in [0, 0.05) is 12.7 Å². The standard InChI is InChI=1S/C14H22N2O2/c1-10(2)8-11-4-6-12(7-5-11)16(3)14(18)13(15)9-17/h4-7,10,13,17H,8-9,15H2,1-3H3.